The standard InChI is InChI=1S/C5H8INO2/c6-7-4(9)5(3-8)1-2-5/h8H,1-3H2,(H,7,9). The number of carbonyl (C=O) groups excluding carboxylic acids is 1. The van der Waals surface area contributed by atoms with Crippen LogP contribution in [0.3, 0.4) is 0 Å². The lowest BCUT2D eigenvalue weighted by Crippen LogP contribution is -2.27. The van der Waals surface area contributed by atoms with Gasteiger partial charge in [0, 0.05) is 0 Å². The number of nitrogens with one attached hydrogen (secondary N) is 1. The van der Waals surface area contributed by atoms with Crippen LogP contribution in [-0.2, 0) is 4.79 Å². The molecule has 0 bridgehead atoms. The molecule has 2 N–H and O–H groups in total. The number of rotatable bonds is 2. The van der Waals surface area contributed by atoms with Gasteiger partial charge in [-0.1, -0.05) is 0 Å². The highest BCUT2D eigenvalue weighted by atomic mass is 127. The summed E-state index contributed by atoms with van der Waals surface area (Å²) < 4.78 is 2.49. The molecular formula is C5H8INO2. The number of aliphatic hydroxyl groups excluding tert-OH is 1. The number of hydrogen-bond acceptors (Lipinski definition) is 2. The molecule has 52 valence electrons. The van der Waals surface area contributed by atoms with E-state index in [4.69, 9.17) is 5.11 Å². The van der Waals surface area contributed by atoms with Gasteiger partial charge in [-0.2, -0.15) is 0 Å². The van der Waals surface area contributed by atoms with Crippen LogP contribution in [0.25, 0.3) is 0 Å². The normalized spacial score (nSPS) is 21.1. The highest BCUT2D eigenvalue weighted by molar-refractivity contribution is 14.1. The molecule has 0 unspecified atom stereocenters. The molecule has 0 spiro atoms. The van der Waals surface area contributed by atoms with Gasteiger partial charge in [0.25, 0.3) is 0 Å². The first-order valence-electron chi connectivity index (χ1n) is 2.77. The van der Waals surface area contributed by atoms with Gasteiger partial charge >= 0.3 is 0 Å². The molecule has 0 radical (unpaired) electrons. The summed E-state index contributed by atoms with van der Waals surface area (Å²) in [6.07, 6.45) is 1.66. The quantitative estimate of drug-likeness (QED) is 0.537. The van der Waals surface area contributed by atoms with Crippen molar-refractivity contribution < 1.29 is 9.90 Å². The first-order valence-corrected chi connectivity index (χ1v) is 3.85. The zero-order valence-corrected chi connectivity index (χ0v) is 7.01. The predicted molar refractivity (Wildman–Crippen MR) is 40.9 cm³/mol. The third-order valence-electron chi connectivity index (χ3n) is 1.72. The summed E-state index contributed by atoms with van der Waals surface area (Å²) >= 11 is 1.79. The molecule has 0 saturated heterocycles. The number of halogens is 1. The third-order valence-corrected chi connectivity index (χ3v) is 2.21. The monoisotopic (exact) mass is 241 g/mol. The second kappa shape index (κ2) is 2.42. The Bertz CT molecular complexity index is 133. The third kappa shape index (κ3) is 1.19. The molecule has 9 heavy (non-hydrogen) atoms. The molecule has 3 nitrogen and oxygen atoms in total. The van der Waals surface area contributed by atoms with Crippen molar-refractivity contribution in [1.29, 1.82) is 0 Å². The molecule has 1 aliphatic carbocycles. The molecule has 0 aromatic rings. The molecule has 1 rings (SSSR count). The van der Waals surface area contributed by atoms with E-state index in [1.807, 2.05) is 0 Å². The van der Waals surface area contributed by atoms with E-state index in [2.05, 4.69) is 3.53 Å². The Hall–Kier alpha value is 0.160. The zero-order valence-electron chi connectivity index (χ0n) is 4.85. The average Bonchev–Trinajstić information content (AvgIpc) is 2.66. The molecule has 0 aliphatic heterocycles. The van der Waals surface area contributed by atoms with Gasteiger partial charge in [-0.3, -0.25) is 8.32 Å². The lowest BCUT2D eigenvalue weighted by atomic mass is 10.1. The summed E-state index contributed by atoms with van der Waals surface area (Å²) in [5.74, 6) is -0.0365. The van der Waals surface area contributed by atoms with Crippen LogP contribution in [0.4, 0.5) is 0 Å². The van der Waals surface area contributed by atoms with Crippen LogP contribution in [0.1, 0.15) is 12.8 Å². The van der Waals surface area contributed by atoms with Crippen molar-refractivity contribution in [1.82, 2.24) is 3.53 Å². The predicted octanol–water partition coefficient (Wildman–Crippen LogP) is 0.225. The van der Waals surface area contributed by atoms with Gasteiger partial charge in [-0.05, 0) is 12.8 Å². The number of hydrogen-bond donors (Lipinski definition) is 2. The van der Waals surface area contributed by atoms with Gasteiger partial charge in [0.15, 0.2) is 0 Å². The first-order chi connectivity index (χ1) is 4.25. The van der Waals surface area contributed by atoms with Crippen LogP contribution in [0.5, 0.6) is 0 Å². The fourth-order valence-corrected chi connectivity index (χ4v) is 1.28. The molecule has 1 amide bonds. The molecule has 1 aliphatic rings. The van der Waals surface area contributed by atoms with Crippen molar-refractivity contribution in [2.75, 3.05) is 6.61 Å². The van der Waals surface area contributed by atoms with Gasteiger partial charge in [-0.25, -0.2) is 0 Å². The Kier molecular flexibility index (Phi) is 1.95. The summed E-state index contributed by atoms with van der Waals surface area (Å²) in [4.78, 5) is 10.8. The summed E-state index contributed by atoms with van der Waals surface area (Å²) in [6, 6.07) is 0. The van der Waals surface area contributed by atoms with Crippen LogP contribution in [0.15, 0.2) is 0 Å². The highest BCUT2D eigenvalue weighted by Crippen LogP contribution is 2.45. The van der Waals surface area contributed by atoms with Gasteiger partial charge in [0.2, 0.25) is 5.91 Å². The minimum absolute atomic E-state index is 0.0121. The fraction of sp³-hybridized carbons (Fsp3) is 0.800. The van der Waals surface area contributed by atoms with Crippen molar-refractivity contribution in [3.8, 4) is 0 Å². The number of aliphatic hydroxyl groups is 1. The van der Waals surface area contributed by atoms with Crippen LogP contribution in [0, 0.1) is 5.41 Å². The number of carbonyl (C=O) groups is 1. The van der Waals surface area contributed by atoms with Crippen molar-refractivity contribution in [3.63, 3.8) is 0 Å². The minimum atomic E-state index is -0.402. The number of amides is 1. The first kappa shape index (κ1) is 7.27. The van der Waals surface area contributed by atoms with E-state index in [0.29, 0.717) is 0 Å². The second-order valence-corrected chi connectivity index (χ2v) is 2.90. The Morgan fingerprint density at radius 2 is 2.33 bits per heavy atom. The van der Waals surface area contributed by atoms with Crippen molar-refractivity contribution >= 4 is 28.8 Å². The minimum Gasteiger partial charge on any atom is -0.395 e. The van der Waals surface area contributed by atoms with Crippen molar-refractivity contribution in [2.24, 2.45) is 5.41 Å². The zero-order chi connectivity index (χ0) is 6.91. The Morgan fingerprint density at radius 1 is 1.78 bits per heavy atom. The molecule has 1 saturated carbocycles. The summed E-state index contributed by atoms with van der Waals surface area (Å²) in [7, 11) is 0. The summed E-state index contributed by atoms with van der Waals surface area (Å²) in [6.45, 7) is -0.0121. The van der Waals surface area contributed by atoms with E-state index in [-0.39, 0.29) is 12.5 Å². The maximum Gasteiger partial charge on any atom is 0.237 e. The smallest absolute Gasteiger partial charge is 0.237 e. The van der Waals surface area contributed by atoms with E-state index in [1.165, 1.54) is 0 Å². The summed E-state index contributed by atoms with van der Waals surface area (Å²) in [5, 5.41) is 8.69. The molecule has 0 atom stereocenters. The van der Waals surface area contributed by atoms with Crippen LogP contribution < -0.4 is 3.53 Å². The Balaban J connectivity index is 2.49. The van der Waals surface area contributed by atoms with Gasteiger partial charge in [0.1, 0.15) is 0 Å². The van der Waals surface area contributed by atoms with E-state index in [9.17, 15) is 4.79 Å². The maximum atomic E-state index is 10.8. The maximum absolute atomic E-state index is 10.8. The Labute approximate surface area is 67.3 Å². The van der Waals surface area contributed by atoms with E-state index < -0.39 is 5.41 Å². The lowest BCUT2D eigenvalue weighted by molar-refractivity contribution is -0.125. The van der Waals surface area contributed by atoms with Crippen molar-refractivity contribution in [2.45, 2.75) is 12.8 Å². The Morgan fingerprint density at radius 3 is 2.44 bits per heavy atom. The highest BCUT2D eigenvalue weighted by Gasteiger charge is 2.48. The largest absolute Gasteiger partial charge is 0.395 e. The van der Waals surface area contributed by atoms with E-state index >= 15 is 0 Å². The van der Waals surface area contributed by atoms with Crippen molar-refractivity contribution in [3.05, 3.63) is 0 Å². The molecule has 0 heterocycles. The van der Waals surface area contributed by atoms with Crippen LogP contribution in [-0.4, -0.2) is 17.6 Å². The van der Waals surface area contributed by atoms with Gasteiger partial charge in [-0.15, -0.1) is 0 Å². The molecule has 0 aromatic carbocycles. The molecule has 0 aromatic heterocycles. The SMILES string of the molecule is O=C(NI)C1(CO)CC1. The molecule has 4 heteroatoms. The summed E-state index contributed by atoms with van der Waals surface area (Å²) in [5.41, 5.74) is -0.402. The fourth-order valence-electron chi connectivity index (χ4n) is 0.708. The van der Waals surface area contributed by atoms with Crippen LogP contribution in [0.2, 0.25) is 0 Å². The lowest BCUT2D eigenvalue weighted by Gasteiger charge is -2.06. The van der Waals surface area contributed by atoms with E-state index in [0.717, 1.165) is 12.8 Å². The van der Waals surface area contributed by atoms with Gasteiger partial charge in [0.05, 0.1) is 34.9 Å². The topological polar surface area (TPSA) is 49.3 Å². The molecule has 1 fully saturated rings. The second-order valence-electron chi connectivity index (χ2n) is 2.36. The molecular weight excluding hydrogens is 233 g/mol. The van der Waals surface area contributed by atoms with Gasteiger partial charge < -0.3 is 5.11 Å². The van der Waals surface area contributed by atoms with Crippen LogP contribution >= 0.6 is 22.9 Å². The average molecular weight is 241 g/mol. The van der Waals surface area contributed by atoms with E-state index in [1.54, 1.807) is 22.9 Å².